The summed E-state index contributed by atoms with van der Waals surface area (Å²) < 4.78 is 45.2. The van der Waals surface area contributed by atoms with Crippen molar-refractivity contribution in [3.05, 3.63) is 56.8 Å². The van der Waals surface area contributed by atoms with Gasteiger partial charge in [0.15, 0.2) is 0 Å². The quantitative estimate of drug-likeness (QED) is 0.559. The van der Waals surface area contributed by atoms with Gasteiger partial charge in [0, 0.05) is 34.1 Å². The Balaban J connectivity index is 1.80. The number of anilines is 1. The van der Waals surface area contributed by atoms with Crippen LogP contribution in [0, 0.1) is 0 Å². The second-order valence-corrected chi connectivity index (χ2v) is 8.51. The van der Waals surface area contributed by atoms with Crippen molar-refractivity contribution in [1.82, 2.24) is 4.90 Å². The number of hydrogen-bond donors (Lipinski definition) is 1. The number of carbonyl (C=O) groups is 2. The van der Waals surface area contributed by atoms with Crippen LogP contribution in [0.1, 0.15) is 53.6 Å². The highest BCUT2D eigenvalue weighted by Crippen LogP contribution is 2.35. The first-order valence-electron chi connectivity index (χ1n) is 10.3. The van der Waals surface area contributed by atoms with Crippen molar-refractivity contribution in [2.45, 2.75) is 46.3 Å². The Morgan fingerprint density at radius 3 is 2.69 bits per heavy atom. The topological polar surface area (TPSA) is 58.6 Å². The van der Waals surface area contributed by atoms with Crippen LogP contribution in [0.15, 0.2) is 35.2 Å². The molecule has 2 aromatic rings. The third kappa shape index (κ3) is 5.32. The van der Waals surface area contributed by atoms with Gasteiger partial charge in [-0.1, -0.05) is 13.0 Å². The normalized spacial score (nSPS) is 14.2. The van der Waals surface area contributed by atoms with E-state index in [2.05, 4.69) is 5.32 Å². The number of nitrogens with one attached hydrogen (secondary N) is 1. The largest absolute Gasteiger partial charge is 0.494 e. The predicted octanol–water partition coefficient (Wildman–Crippen LogP) is 5.66. The number of hydrogen-bond acceptors (Lipinski definition) is 4. The second-order valence-electron chi connectivity index (χ2n) is 7.55. The van der Waals surface area contributed by atoms with Crippen LogP contribution in [-0.2, 0) is 23.9 Å². The molecule has 2 heterocycles. The van der Waals surface area contributed by atoms with Gasteiger partial charge < -0.3 is 15.0 Å². The van der Waals surface area contributed by atoms with Crippen molar-refractivity contribution in [1.29, 1.82) is 0 Å². The first-order valence-corrected chi connectivity index (χ1v) is 11.2. The maximum Gasteiger partial charge on any atom is 0.416 e. The first-order chi connectivity index (χ1) is 15.1. The van der Waals surface area contributed by atoms with Crippen LogP contribution in [0.4, 0.5) is 18.9 Å². The van der Waals surface area contributed by atoms with E-state index in [1.54, 1.807) is 23.3 Å². The number of rotatable bonds is 6. The summed E-state index contributed by atoms with van der Waals surface area (Å²) in [5.74, 6) is -0.466. The van der Waals surface area contributed by atoms with Gasteiger partial charge in [0.25, 0.3) is 5.91 Å². The third-order valence-electron chi connectivity index (χ3n) is 5.21. The van der Waals surface area contributed by atoms with Crippen LogP contribution in [0.5, 0.6) is 5.75 Å². The van der Waals surface area contributed by atoms with Gasteiger partial charge in [0.2, 0.25) is 5.91 Å². The molecule has 2 amide bonds. The molecule has 1 aromatic carbocycles. The Kier molecular flexibility index (Phi) is 7.28. The molecule has 0 aliphatic carbocycles. The number of allylic oxidation sites excluding steroid dienone is 1. The number of benzene rings is 1. The van der Waals surface area contributed by atoms with E-state index in [1.807, 2.05) is 13.8 Å². The number of halogens is 3. The maximum atomic E-state index is 13.3. The number of carbonyl (C=O) groups excluding carboxylic acids is 2. The van der Waals surface area contributed by atoms with Gasteiger partial charge in [-0.3, -0.25) is 9.59 Å². The van der Waals surface area contributed by atoms with E-state index in [9.17, 15) is 22.8 Å². The second kappa shape index (κ2) is 9.77. The zero-order chi connectivity index (χ0) is 23.5. The summed E-state index contributed by atoms with van der Waals surface area (Å²) in [7, 11) is 0. The number of fused-ring (bicyclic) bond motifs is 1. The summed E-state index contributed by atoms with van der Waals surface area (Å²) in [5, 5.41) is 4.28. The van der Waals surface area contributed by atoms with E-state index in [4.69, 9.17) is 4.74 Å². The fourth-order valence-corrected chi connectivity index (χ4v) is 4.50. The Morgan fingerprint density at radius 2 is 2.03 bits per heavy atom. The summed E-state index contributed by atoms with van der Waals surface area (Å²) in [5.41, 5.74) is 1.06. The van der Waals surface area contributed by atoms with Crippen LogP contribution in [0.3, 0.4) is 0 Å². The summed E-state index contributed by atoms with van der Waals surface area (Å²) in [6.45, 7) is 6.59. The highest BCUT2D eigenvalue weighted by Gasteiger charge is 2.32. The molecular formula is C23H25F3N2O3S. The molecule has 5 nitrogen and oxygen atoms in total. The maximum absolute atomic E-state index is 13.3. The molecule has 0 radical (unpaired) electrons. The van der Waals surface area contributed by atoms with Gasteiger partial charge >= 0.3 is 6.18 Å². The molecule has 172 valence electrons. The molecular weight excluding hydrogens is 441 g/mol. The average molecular weight is 467 g/mol. The Hall–Kier alpha value is -2.81. The van der Waals surface area contributed by atoms with E-state index in [0.29, 0.717) is 37.1 Å². The summed E-state index contributed by atoms with van der Waals surface area (Å²) >= 11 is 1.37. The number of thiophene rings is 1. The monoisotopic (exact) mass is 466 g/mol. The standard InChI is InChI=1S/C23H25F3N2O3S/c1-4-8-31-17-10-15(23(24,25)26)9-16(11-17)27-21(29)19-13-32-20-12-28(7-6-18(19)20)22(30)14(3)5-2/h5,9-11,13H,4,6-8,12H2,1-3H3,(H,27,29)/b14-5+. The Labute approximate surface area is 188 Å². The lowest BCUT2D eigenvalue weighted by molar-refractivity contribution is -0.137. The Morgan fingerprint density at radius 1 is 1.28 bits per heavy atom. The fraction of sp³-hybridized carbons (Fsp3) is 0.391. The van der Waals surface area contributed by atoms with Crippen LogP contribution in [0.2, 0.25) is 0 Å². The molecule has 32 heavy (non-hydrogen) atoms. The minimum Gasteiger partial charge on any atom is -0.494 e. The number of amides is 2. The molecule has 0 saturated heterocycles. The zero-order valence-electron chi connectivity index (χ0n) is 18.1. The molecule has 0 bridgehead atoms. The number of alkyl halides is 3. The van der Waals surface area contributed by atoms with Crippen molar-refractivity contribution < 1.29 is 27.5 Å². The van der Waals surface area contributed by atoms with Gasteiger partial charge in [-0.25, -0.2) is 0 Å². The van der Waals surface area contributed by atoms with E-state index in [0.717, 1.165) is 22.6 Å². The van der Waals surface area contributed by atoms with Crippen molar-refractivity contribution in [3.63, 3.8) is 0 Å². The molecule has 0 saturated carbocycles. The minimum atomic E-state index is -4.56. The fourth-order valence-electron chi connectivity index (χ4n) is 3.40. The average Bonchev–Trinajstić information content (AvgIpc) is 3.19. The molecule has 9 heteroatoms. The molecule has 1 aliphatic rings. The summed E-state index contributed by atoms with van der Waals surface area (Å²) in [6, 6.07) is 3.22. The molecule has 0 spiro atoms. The predicted molar refractivity (Wildman–Crippen MR) is 118 cm³/mol. The van der Waals surface area contributed by atoms with Crippen LogP contribution in [0.25, 0.3) is 0 Å². The molecule has 1 N–H and O–H groups in total. The van der Waals surface area contributed by atoms with Crippen molar-refractivity contribution in [3.8, 4) is 5.75 Å². The smallest absolute Gasteiger partial charge is 0.416 e. The first kappa shape index (κ1) is 23.8. The molecule has 1 aliphatic heterocycles. The third-order valence-corrected chi connectivity index (χ3v) is 6.23. The Bertz CT molecular complexity index is 1040. The minimum absolute atomic E-state index is 0.0206. The SMILES string of the molecule is C/C=C(\C)C(=O)N1CCc2c(C(=O)Nc3cc(OCCC)cc(C(F)(F)F)c3)csc2C1. The van der Waals surface area contributed by atoms with Gasteiger partial charge in [-0.2, -0.15) is 13.2 Å². The van der Waals surface area contributed by atoms with Gasteiger partial charge in [-0.05, 0) is 44.4 Å². The lowest BCUT2D eigenvalue weighted by Gasteiger charge is -2.27. The molecule has 0 unspecified atom stereocenters. The zero-order valence-corrected chi connectivity index (χ0v) is 19.0. The van der Waals surface area contributed by atoms with E-state index in [1.165, 1.54) is 17.4 Å². The highest BCUT2D eigenvalue weighted by atomic mass is 32.1. The van der Waals surface area contributed by atoms with Gasteiger partial charge in [-0.15, -0.1) is 11.3 Å². The lowest BCUT2D eigenvalue weighted by atomic mass is 10.0. The molecule has 0 fully saturated rings. The lowest BCUT2D eigenvalue weighted by Crippen LogP contribution is -2.36. The van der Waals surface area contributed by atoms with E-state index >= 15 is 0 Å². The molecule has 0 atom stereocenters. The number of ether oxygens (including phenoxy) is 1. The van der Waals surface area contributed by atoms with Crippen molar-refractivity contribution in [2.24, 2.45) is 0 Å². The van der Waals surface area contributed by atoms with Crippen molar-refractivity contribution >= 4 is 28.8 Å². The van der Waals surface area contributed by atoms with Gasteiger partial charge in [0.1, 0.15) is 5.75 Å². The number of nitrogens with zero attached hydrogens (tertiary/aromatic N) is 1. The highest BCUT2D eigenvalue weighted by molar-refractivity contribution is 7.10. The summed E-state index contributed by atoms with van der Waals surface area (Å²) in [4.78, 5) is 28.0. The van der Waals surface area contributed by atoms with E-state index in [-0.39, 0.29) is 24.0 Å². The molecule has 3 rings (SSSR count). The molecule has 1 aromatic heterocycles. The van der Waals surface area contributed by atoms with Crippen LogP contribution >= 0.6 is 11.3 Å². The van der Waals surface area contributed by atoms with Crippen molar-refractivity contribution in [2.75, 3.05) is 18.5 Å². The van der Waals surface area contributed by atoms with E-state index < -0.39 is 17.6 Å². The summed E-state index contributed by atoms with van der Waals surface area (Å²) in [6.07, 6.45) is -1.64. The van der Waals surface area contributed by atoms with Gasteiger partial charge in [0.05, 0.1) is 24.3 Å². The van der Waals surface area contributed by atoms with Crippen LogP contribution < -0.4 is 10.1 Å². The van der Waals surface area contributed by atoms with Crippen LogP contribution in [-0.4, -0.2) is 29.9 Å².